The van der Waals surface area contributed by atoms with Crippen LogP contribution in [0.1, 0.15) is 0 Å². The van der Waals surface area contributed by atoms with Crippen LogP contribution in [0.3, 0.4) is 0 Å². The van der Waals surface area contributed by atoms with Gasteiger partial charge in [0.15, 0.2) is 0 Å². The molecule has 0 aliphatic rings. The largest absolute Gasteiger partial charge is 0.297 e. The van der Waals surface area contributed by atoms with Crippen molar-refractivity contribution in [3.8, 4) is 0 Å². The molecule has 19 heavy (non-hydrogen) atoms. The highest BCUT2D eigenvalue weighted by molar-refractivity contribution is 5.77. The zero-order valence-corrected chi connectivity index (χ0v) is 9.90. The summed E-state index contributed by atoms with van der Waals surface area (Å²) in [4.78, 5) is 20.1. The topological polar surface area (TPSA) is 65.6 Å². The Morgan fingerprint density at radius 1 is 1.21 bits per heavy atom. The molecule has 3 aromatic rings. The number of hydrogen-bond donors (Lipinski definition) is 0. The number of nitrogens with zero attached hydrogens (tertiary/aromatic N) is 5. The van der Waals surface area contributed by atoms with Gasteiger partial charge < -0.3 is 0 Å². The van der Waals surface area contributed by atoms with Crippen LogP contribution in [-0.2, 0) is 13.1 Å². The Labute approximate surface area is 107 Å². The van der Waals surface area contributed by atoms with Gasteiger partial charge in [0.05, 0.1) is 23.8 Å². The molecule has 0 N–H and O–H groups in total. The number of benzene rings is 1. The standard InChI is InChI=1S/C12H10FN5O/c13-9-1-2-11-10(5-9)12(19)17(8-15-11)3-4-18-7-14-6-16-18/h1-2,5-8H,3-4H2. The normalized spacial score (nSPS) is 11.0. The van der Waals surface area contributed by atoms with Crippen molar-refractivity contribution in [1.29, 1.82) is 0 Å². The summed E-state index contributed by atoms with van der Waals surface area (Å²) in [6.45, 7) is 0.907. The van der Waals surface area contributed by atoms with Crippen LogP contribution < -0.4 is 5.56 Å². The van der Waals surface area contributed by atoms with E-state index in [1.54, 1.807) is 11.0 Å². The molecule has 6 nitrogen and oxygen atoms in total. The van der Waals surface area contributed by atoms with Crippen LogP contribution in [0.25, 0.3) is 10.9 Å². The summed E-state index contributed by atoms with van der Waals surface area (Å²) in [6.07, 6.45) is 4.45. The quantitative estimate of drug-likeness (QED) is 0.698. The molecule has 0 fully saturated rings. The van der Waals surface area contributed by atoms with Crippen LogP contribution in [-0.4, -0.2) is 24.3 Å². The molecule has 0 bridgehead atoms. The van der Waals surface area contributed by atoms with Crippen LogP contribution in [0.2, 0.25) is 0 Å². The van der Waals surface area contributed by atoms with Crippen LogP contribution in [0.15, 0.2) is 42.0 Å². The van der Waals surface area contributed by atoms with E-state index < -0.39 is 5.82 Å². The summed E-state index contributed by atoms with van der Waals surface area (Å²) in [5.74, 6) is -0.444. The Hall–Kier alpha value is -2.57. The van der Waals surface area contributed by atoms with Gasteiger partial charge >= 0.3 is 0 Å². The molecule has 0 aliphatic carbocycles. The third-order valence-corrected chi connectivity index (χ3v) is 2.82. The lowest BCUT2D eigenvalue weighted by molar-refractivity contribution is 0.520. The van der Waals surface area contributed by atoms with Gasteiger partial charge in [0.2, 0.25) is 0 Å². The molecule has 3 rings (SSSR count). The summed E-state index contributed by atoms with van der Waals surface area (Å²) >= 11 is 0. The molecule has 0 spiro atoms. The highest BCUT2D eigenvalue weighted by atomic mass is 19.1. The van der Waals surface area contributed by atoms with E-state index in [0.29, 0.717) is 18.6 Å². The van der Waals surface area contributed by atoms with E-state index in [9.17, 15) is 9.18 Å². The molecule has 2 heterocycles. The first-order valence-electron chi connectivity index (χ1n) is 5.71. The molecule has 0 amide bonds. The van der Waals surface area contributed by atoms with Gasteiger partial charge in [-0.3, -0.25) is 14.0 Å². The third kappa shape index (κ3) is 2.22. The zero-order valence-electron chi connectivity index (χ0n) is 9.90. The van der Waals surface area contributed by atoms with Crippen molar-refractivity contribution < 1.29 is 4.39 Å². The van der Waals surface area contributed by atoms with Crippen molar-refractivity contribution in [2.45, 2.75) is 13.1 Å². The van der Waals surface area contributed by atoms with Gasteiger partial charge in [0.25, 0.3) is 5.56 Å². The lowest BCUT2D eigenvalue weighted by Gasteiger charge is -2.06. The Morgan fingerprint density at radius 2 is 2.11 bits per heavy atom. The van der Waals surface area contributed by atoms with Crippen molar-refractivity contribution >= 4 is 10.9 Å². The fraction of sp³-hybridized carbons (Fsp3) is 0.167. The highest BCUT2D eigenvalue weighted by Gasteiger charge is 2.05. The Kier molecular flexibility index (Phi) is 2.79. The van der Waals surface area contributed by atoms with Gasteiger partial charge in [0, 0.05) is 6.54 Å². The lowest BCUT2D eigenvalue weighted by atomic mass is 10.2. The SMILES string of the molecule is O=c1c2cc(F)ccc2ncn1CCn1cncn1. The van der Waals surface area contributed by atoms with E-state index in [2.05, 4.69) is 15.1 Å². The van der Waals surface area contributed by atoms with Crippen LogP contribution in [0.5, 0.6) is 0 Å². The van der Waals surface area contributed by atoms with Crippen molar-refractivity contribution in [2.75, 3.05) is 0 Å². The predicted octanol–water partition coefficient (Wildman–Crippen LogP) is 0.827. The molecule has 0 aliphatic heterocycles. The smallest absolute Gasteiger partial charge is 0.261 e. The fourth-order valence-corrected chi connectivity index (χ4v) is 1.85. The van der Waals surface area contributed by atoms with Gasteiger partial charge in [-0.25, -0.2) is 14.4 Å². The first kappa shape index (κ1) is 11.5. The summed E-state index contributed by atoms with van der Waals surface area (Å²) in [7, 11) is 0. The summed E-state index contributed by atoms with van der Waals surface area (Å²) in [5.41, 5.74) is 0.230. The molecule has 0 atom stereocenters. The number of fused-ring (bicyclic) bond motifs is 1. The molecule has 0 radical (unpaired) electrons. The third-order valence-electron chi connectivity index (χ3n) is 2.82. The maximum absolute atomic E-state index is 13.2. The molecular formula is C12H10FN5O. The summed E-state index contributed by atoms with van der Waals surface area (Å²) in [5, 5.41) is 4.23. The predicted molar refractivity (Wildman–Crippen MR) is 66.0 cm³/mol. The number of rotatable bonds is 3. The Morgan fingerprint density at radius 3 is 2.89 bits per heavy atom. The average Bonchev–Trinajstić information content (AvgIpc) is 2.92. The molecule has 7 heteroatoms. The van der Waals surface area contributed by atoms with Crippen LogP contribution in [0.4, 0.5) is 4.39 Å². The van der Waals surface area contributed by atoms with Crippen molar-refractivity contribution in [2.24, 2.45) is 0 Å². The molecule has 0 unspecified atom stereocenters. The van der Waals surface area contributed by atoms with Gasteiger partial charge in [-0.05, 0) is 18.2 Å². The maximum atomic E-state index is 13.2. The number of hydrogen-bond acceptors (Lipinski definition) is 4. The average molecular weight is 259 g/mol. The van der Waals surface area contributed by atoms with Crippen molar-refractivity contribution in [3.63, 3.8) is 0 Å². The molecule has 1 aromatic carbocycles. The highest BCUT2D eigenvalue weighted by Crippen LogP contribution is 2.08. The maximum Gasteiger partial charge on any atom is 0.261 e. The molecular weight excluding hydrogens is 249 g/mol. The van der Waals surface area contributed by atoms with E-state index in [4.69, 9.17) is 0 Å². The van der Waals surface area contributed by atoms with E-state index in [1.165, 1.54) is 35.4 Å². The Bertz CT molecular complexity index is 765. The molecule has 0 saturated heterocycles. The van der Waals surface area contributed by atoms with E-state index in [0.717, 1.165) is 0 Å². The van der Waals surface area contributed by atoms with Crippen LogP contribution >= 0.6 is 0 Å². The van der Waals surface area contributed by atoms with Crippen molar-refractivity contribution in [1.82, 2.24) is 24.3 Å². The second kappa shape index (κ2) is 4.60. The number of aromatic nitrogens is 5. The summed E-state index contributed by atoms with van der Waals surface area (Å²) < 4.78 is 16.2. The van der Waals surface area contributed by atoms with Crippen molar-refractivity contribution in [3.05, 3.63) is 53.4 Å². The van der Waals surface area contributed by atoms with Gasteiger partial charge in [-0.2, -0.15) is 5.10 Å². The molecule has 2 aromatic heterocycles. The van der Waals surface area contributed by atoms with E-state index >= 15 is 0 Å². The van der Waals surface area contributed by atoms with Gasteiger partial charge in [0.1, 0.15) is 18.5 Å². The molecule has 96 valence electrons. The first-order chi connectivity index (χ1) is 9.24. The minimum absolute atomic E-state index is 0.260. The second-order valence-corrected chi connectivity index (χ2v) is 4.06. The minimum Gasteiger partial charge on any atom is -0.297 e. The summed E-state index contributed by atoms with van der Waals surface area (Å²) in [6, 6.07) is 3.99. The first-order valence-corrected chi connectivity index (χ1v) is 5.71. The van der Waals surface area contributed by atoms with Gasteiger partial charge in [-0.15, -0.1) is 0 Å². The van der Waals surface area contributed by atoms with Gasteiger partial charge in [-0.1, -0.05) is 0 Å². The Balaban J connectivity index is 1.96. The number of aryl methyl sites for hydroxylation is 2. The molecule has 0 saturated carbocycles. The zero-order chi connectivity index (χ0) is 13.2. The minimum atomic E-state index is -0.444. The monoisotopic (exact) mass is 259 g/mol. The second-order valence-electron chi connectivity index (χ2n) is 4.06. The lowest BCUT2D eigenvalue weighted by Crippen LogP contribution is -2.23. The van der Waals surface area contributed by atoms with Crippen LogP contribution in [0, 0.1) is 5.82 Å². The van der Waals surface area contributed by atoms with E-state index in [-0.39, 0.29) is 10.9 Å². The van der Waals surface area contributed by atoms with E-state index in [1.807, 2.05) is 0 Å². The number of halogens is 1. The fourth-order valence-electron chi connectivity index (χ4n) is 1.85.